The van der Waals surface area contributed by atoms with E-state index in [-0.39, 0.29) is 10.8 Å². The zero-order valence-corrected chi connectivity index (χ0v) is 36.3. The smallest absolute Gasteiger partial charge is 0.0948 e. The first-order chi connectivity index (χ1) is 31.3. The lowest BCUT2D eigenvalue weighted by Crippen LogP contribution is -2.32. The van der Waals surface area contributed by atoms with Gasteiger partial charge in [-0.2, -0.15) is 0 Å². The molecule has 13 rings (SSSR count). The maximum absolute atomic E-state index is 4.81. The molecule has 0 bridgehead atoms. The summed E-state index contributed by atoms with van der Waals surface area (Å²) in [7, 11) is 0. The topological polar surface area (TPSA) is 29.2 Å². The van der Waals surface area contributed by atoms with E-state index in [2.05, 4.69) is 241 Å². The van der Waals surface area contributed by atoms with E-state index < -0.39 is 0 Å². The Kier molecular flexibility index (Phi) is 7.64. The maximum atomic E-state index is 4.81. The molecule has 0 spiro atoms. The van der Waals surface area contributed by atoms with E-state index >= 15 is 0 Å². The van der Waals surface area contributed by atoms with Crippen molar-refractivity contribution in [2.75, 3.05) is 9.80 Å². The van der Waals surface area contributed by atoms with E-state index in [9.17, 15) is 0 Å². The normalized spacial score (nSPS) is 14.8. The quantitative estimate of drug-likeness (QED) is 0.177. The highest BCUT2D eigenvalue weighted by Gasteiger charge is 2.41. The lowest BCUT2D eigenvalue weighted by atomic mass is 9.73. The minimum atomic E-state index is -0.245. The van der Waals surface area contributed by atoms with Gasteiger partial charge in [0.1, 0.15) is 0 Å². The van der Waals surface area contributed by atoms with Gasteiger partial charge in [0, 0.05) is 38.6 Å². The van der Waals surface area contributed by atoms with Gasteiger partial charge in [-0.3, -0.25) is 4.98 Å². The van der Waals surface area contributed by atoms with Crippen LogP contribution in [0.5, 0.6) is 0 Å². The summed E-state index contributed by atoms with van der Waals surface area (Å²) in [5.41, 5.74) is 18.0. The molecule has 0 atom stereocenters. The van der Waals surface area contributed by atoms with E-state index in [1.807, 2.05) is 6.20 Å². The van der Waals surface area contributed by atoms with Gasteiger partial charge in [-0.15, -0.1) is 0 Å². The van der Waals surface area contributed by atoms with Gasteiger partial charge in [-0.1, -0.05) is 155 Å². The molecule has 0 radical (unpaired) electrons. The van der Waals surface area contributed by atoms with Crippen LogP contribution in [-0.4, -0.2) is 14.1 Å². The molecule has 0 fully saturated rings. The van der Waals surface area contributed by atoms with Gasteiger partial charge in [0.15, 0.2) is 0 Å². The van der Waals surface area contributed by atoms with Crippen molar-refractivity contribution in [2.45, 2.75) is 38.5 Å². The van der Waals surface area contributed by atoms with Crippen molar-refractivity contribution in [2.24, 2.45) is 0 Å². The van der Waals surface area contributed by atoms with Crippen LogP contribution in [0.3, 0.4) is 0 Å². The van der Waals surface area contributed by atoms with Crippen LogP contribution in [0.1, 0.15) is 49.9 Å². The van der Waals surface area contributed by atoms with E-state index in [1.165, 1.54) is 55.2 Å². The Morgan fingerprint density at radius 3 is 1.11 bits per heavy atom. The summed E-state index contributed by atoms with van der Waals surface area (Å²) in [6.07, 6.45) is 4.00. The summed E-state index contributed by atoms with van der Waals surface area (Å²) < 4.78 is 5.05. The zero-order valence-electron chi connectivity index (χ0n) is 36.3. The van der Waals surface area contributed by atoms with Crippen molar-refractivity contribution in [3.05, 3.63) is 223 Å². The molecule has 0 amide bonds. The Labute approximate surface area is 372 Å². The van der Waals surface area contributed by atoms with Gasteiger partial charge < -0.3 is 18.9 Å². The molecular weight excluding hydrogens is 779 g/mol. The molecule has 5 heterocycles. The van der Waals surface area contributed by atoms with Crippen molar-refractivity contribution in [1.29, 1.82) is 0 Å². The minimum absolute atomic E-state index is 0.245. The van der Waals surface area contributed by atoms with Gasteiger partial charge >= 0.3 is 0 Å². The van der Waals surface area contributed by atoms with Crippen LogP contribution in [0.4, 0.5) is 34.1 Å². The number of nitrogens with zero attached hydrogens (tertiary/aromatic N) is 5. The Morgan fingerprint density at radius 1 is 0.344 bits per heavy atom. The van der Waals surface area contributed by atoms with Crippen LogP contribution >= 0.6 is 0 Å². The summed E-state index contributed by atoms with van der Waals surface area (Å²) in [6.45, 7) is 9.41. The van der Waals surface area contributed by atoms with Crippen LogP contribution in [0.15, 0.2) is 200 Å². The monoisotopic (exact) mass is 823 g/mol. The van der Waals surface area contributed by atoms with E-state index in [1.54, 1.807) is 0 Å². The number of aromatic nitrogens is 3. The minimum Gasteiger partial charge on any atom is -0.308 e. The maximum Gasteiger partial charge on any atom is 0.0948 e. The molecule has 2 aliphatic rings. The number of anilines is 6. The molecule has 0 saturated heterocycles. The number of hydrogen-bond donors (Lipinski definition) is 0. The van der Waals surface area contributed by atoms with E-state index in [4.69, 9.17) is 4.98 Å². The highest BCUT2D eigenvalue weighted by Crippen LogP contribution is 2.58. The Balaban J connectivity index is 1.27. The van der Waals surface area contributed by atoms with Crippen LogP contribution in [0.25, 0.3) is 55.0 Å². The summed E-state index contributed by atoms with van der Waals surface area (Å²) in [5, 5.41) is 4.86. The number of rotatable bonds is 4. The first-order valence-electron chi connectivity index (χ1n) is 22.3. The SMILES string of the molecule is CC1(C)c2ccccc2N(c2cc(-n3c4ccccc4c4ccccc43)c(N3c4ccccc4C(C)(C)c4ccccc43)c(-n3c4ccccc4c4ccccc43)c2)c2cnccc21. The third-order valence-electron chi connectivity index (χ3n) is 14.3. The van der Waals surface area contributed by atoms with Gasteiger partial charge in [-0.05, 0) is 82.9 Å². The van der Waals surface area contributed by atoms with Crippen molar-refractivity contribution in [1.82, 2.24) is 14.1 Å². The molecule has 0 saturated carbocycles. The molecule has 306 valence electrons. The average Bonchev–Trinajstić information content (AvgIpc) is 3.85. The van der Waals surface area contributed by atoms with Crippen LogP contribution < -0.4 is 9.80 Å². The third kappa shape index (κ3) is 4.92. The molecule has 0 aliphatic carbocycles. The second kappa shape index (κ2) is 13.3. The van der Waals surface area contributed by atoms with Gasteiger partial charge in [0.25, 0.3) is 0 Å². The molecule has 8 aromatic carbocycles. The average molecular weight is 824 g/mol. The van der Waals surface area contributed by atoms with Crippen molar-refractivity contribution >= 4 is 77.7 Å². The van der Waals surface area contributed by atoms with E-state index in [0.717, 1.165) is 56.2 Å². The predicted octanol–water partition coefficient (Wildman–Crippen LogP) is 15.5. The lowest BCUT2D eigenvalue weighted by molar-refractivity contribution is 0.630. The molecular formula is C59H45N5. The molecule has 0 unspecified atom stereocenters. The zero-order chi connectivity index (χ0) is 42.9. The molecule has 5 heteroatoms. The van der Waals surface area contributed by atoms with Crippen molar-refractivity contribution < 1.29 is 0 Å². The number of para-hydroxylation sites is 7. The molecule has 0 N–H and O–H groups in total. The number of hydrogen-bond acceptors (Lipinski definition) is 3. The standard InChI is InChI=1S/C59H45N5/c1-58(2)44-24-10-17-31-52(44)64(53-32-18-11-25-45(53)58)57-54(62-47-26-12-5-19-39(47)40-20-6-13-27-48(40)62)35-38(36-55(57)63-49-28-14-7-21-41(49)42-22-8-15-29-50(42)63)61-51-30-16-9-23-43(51)59(3,4)46-33-34-60-37-56(46)61/h5-37H,1-4H3. The summed E-state index contributed by atoms with van der Waals surface area (Å²) in [5.74, 6) is 0. The first-order valence-corrected chi connectivity index (χ1v) is 22.3. The van der Waals surface area contributed by atoms with Gasteiger partial charge in [-0.25, -0.2) is 0 Å². The molecule has 11 aromatic rings. The first kappa shape index (κ1) is 36.7. The lowest BCUT2D eigenvalue weighted by Gasteiger charge is -2.44. The van der Waals surface area contributed by atoms with Crippen LogP contribution in [0, 0.1) is 0 Å². The van der Waals surface area contributed by atoms with Crippen molar-refractivity contribution in [3.63, 3.8) is 0 Å². The molecule has 5 nitrogen and oxygen atoms in total. The number of fused-ring (bicyclic) bond motifs is 10. The molecule has 64 heavy (non-hydrogen) atoms. The Bertz CT molecular complexity index is 3370. The Morgan fingerprint density at radius 2 is 0.688 bits per heavy atom. The van der Waals surface area contributed by atoms with Gasteiger partial charge in [0.2, 0.25) is 0 Å². The Hall–Kier alpha value is -7.89. The summed E-state index contributed by atoms with van der Waals surface area (Å²) in [4.78, 5) is 9.85. The summed E-state index contributed by atoms with van der Waals surface area (Å²) >= 11 is 0. The highest BCUT2D eigenvalue weighted by atomic mass is 15.2. The largest absolute Gasteiger partial charge is 0.308 e. The second-order valence-corrected chi connectivity index (χ2v) is 18.4. The number of pyridine rings is 1. The third-order valence-corrected chi connectivity index (χ3v) is 14.3. The van der Waals surface area contributed by atoms with Crippen LogP contribution in [0.2, 0.25) is 0 Å². The summed E-state index contributed by atoms with van der Waals surface area (Å²) in [6, 6.07) is 69.6. The number of benzene rings is 8. The van der Waals surface area contributed by atoms with Crippen molar-refractivity contribution in [3.8, 4) is 11.4 Å². The van der Waals surface area contributed by atoms with E-state index in [0.29, 0.717) is 0 Å². The predicted molar refractivity (Wildman–Crippen MR) is 267 cm³/mol. The fourth-order valence-corrected chi connectivity index (χ4v) is 11.4. The fraction of sp³-hybridized carbons (Fsp3) is 0.102. The molecule has 3 aromatic heterocycles. The second-order valence-electron chi connectivity index (χ2n) is 18.4. The molecule has 2 aliphatic heterocycles. The fourth-order valence-electron chi connectivity index (χ4n) is 11.4. The highest BCUT2D eigenvalue weighted by molar-refractivity contribution is 6.13. The van der Waals surface area contributed by atoms with Crippen LogP contribution in [-0.2, 0) is 10.8 Å². The van der Waals surface area contributed by atoms with Gasteiger partial charge in [0.05, 0.1) is 73.8 Å².